The number of nitro benzene ring substituents is 1. The number of ether oxygens (including phenoxy) is 1. The summed E-state index contributed by atoms with van der Waals surface area (Å²) in [5.74, 6) is -2.88. The lowest BCUT2D eigenvalue weighted by molar-refractivity contribution is -0.384. The molecule has 1 aromatic carbocycles. The molecule has 0 bridgehead atoms. The van der Waals surface area contributed by atoms with Crippen LogP contribution >= 0.6 is 22.7 Å². The molecule has 3 heterocycles. The van der Waals surface area contributed by atoms with Gasteiger partial charge in [-0.15, -0.1) is 11.3 Å². The molecule has 2 aromatic heterocycles. The molecule has 0 unspecified atom stereocenters. The number of hydrogen-bond donors (Lipinski definition) is 1. The van der Waals surface area contributed by atoms with Gasteiger partial charge in [-0.2, -0.15) is 0 Å². The molecule has 0 saturated carbocycles. The molecule has 12 heteroatoms. The van der Waals surface area contributed by atoms with Crippen LogP contribution in [-0.2, 0) is 9.53 Å². The van der Waals surface area contributed by atoms with Crippen molar-refractivity contribution in [2.75, 3.05) is 11.5 Å². The lowest BCUT2D eigenvalue weighted by atomic mass is 9.95. The number of non-ortho nitro benzene ring substituents is 1. The van der Waals surface area contributed by atoms with Crippen LogP contribution in [0, 0.1) is 17.0 Å². The van der Waals surface area contributed by atoms with Crippen LogP contribution in [-0.4, -0.2) is 39.3 Å². The Bertz CT molecular complexity index is 1340. The number of aryl methyl sites for hydroxylation is 1. The predicted octanol–water partition coefficient (Wildman–Crippen LogP) is 4.38. The summed E-state index contributed by atoms with van der Waals surface area (Å²) in [7, 11) is 0. The van der Waals surface area contributed by atoms with Crippen LogP contribution in [0.3, 0.4) is 0 Å². The number of thiophene rings is 1. The fraction of sp³-hybridized carbons (Fsp3) is 0.182. The standard InChI is InChI=1S/C22H17N3O7S2/c1-3-32-21(29)19-11(2)23-22(34-19)24-16(12-6-4-7-13(10-12)25(30)31)15(18(27)20(24)28)17(26)14-8-5-9-33-14/h4-10,16,27H,3H2,1-2H3/t16-/m1/s1. The van der Waals surface area contributed by atoms with Gasteiger partial charge in [0.15, 0.2) is 10.9 Å². The topological polar surface area (TPSA) is 140 Å². The van der Waals surface area contributed by atoms with E-state index in [2.05, 4.69) is 4.98 Å². The van der Waals surface area contributed by atoms with E-state index in [1.54, 1.807) is 31.4 Å². The van der Waals surface area contributed by atoms with E-state index in [4.69, 9.17) is 4.74 Å². The molecule has 10 nitrogen and oxygen atoms in total. The molecule has 1 aliphatic heterocycles. The highest BCUT2D eigenvalue weighted by Gasteiger charge is 2.46. The van der Waals surface area contributed by atoms with Crippen molar-refractivity contribution in [2.45, 2.75) is 19.9 Å². The zero-order valence-electron chi connectivity index (χ0n) is 17.9. The minimum Gasteiger partial charge on any atom is -0.503 e. The van der Waals surface area contributed by atoms with E-state index in [9.17, 15) is 29.6 Å². The minimum absolute atomic E-state index is 0.0441. The van der Waals surface area contributed by atoms with Gasteiger partial charge in [0.25, 0.3) is 11.6 Å². The van der Waals surface area contributed by atoms with Crippen LogP contribution in [0.1, 0.15) is 43.6 Å². The van der Waals surface area contributed by atoms with Crippen LogP contribution in [0.15, 0.2) is 53.1 Å². The van der Waals surface area contributed by atoms with Gasteiger partial charge in [0.1, 0.15) is 4.88 Å². The number of rotatable bonds is 7. The van der Waals surface area contributed by atoms with Crippen LogP contribution < -0.4 is 4.90 Å². The number of aromatic nitrogens is 1. The fourth-order valence-electron chi connectivity index (χ4n) is 3.57. The molecule has 1 N–H and O–H groups in total. The van der Waals surface area contributed by atoms with Crippen molar-refractivity contribution in [3.63, 3.8) is 0 Å². The van der Waals surface area contributed by atoms with Crippen LogP contribution in [0.25, 0.3) is 0 Å². The molecule has 1 amide bonds. The summed E-state index contributed by atoms with van der Waals surface area (Å²) in [6.45, 7) is 3.37. The highest BCUT2D eigenvalue weighted by molar-refractivity contribution is 7.17. The van der Waals surface area contributed by atoms with E-state index in [-0.39, 0.29) is 38.3 Å². The Morgan fingerprint density at radius 1 is 1.29 bits per heavy atom. The predicted molar refractivity (Wildman–Crippen MR) is 124 cm³/mol. The molecule has 4 rings (SSSR count). The number of nitrogens with zero attached hydrogens (tertiary/aromatic N) is 3. The van der Waals surface area contributed by atoms with E-state index in [0.29, 0.717) is 5.69 Å². The summed E-state index contributed by atoms with van der Waals surface area (Å²) < 4.78 is 5.04. The summed E-state index contributed by atoms with van der Waals surface area (Å²) in [6.07, 6.45) is 0. The Morgan fingerprint density at radius 3 is 2.71 bits per heavy atom. The first-order valence-corrected chi connectivity index (χ1v) is 11.7. The van der Waals surface area contributed by atoms with E-state index < -0.39 is 34.4 Å². The second-order valence-corrected chi connectivity index (χ2v) is 9.06. The number of hydrogen-bond acceptors (Lipinski definition) is 10. The van der Waals surface area contributed by atoms with Crippen molar-refractivity contribution in [1.82, 2.24) is 4.98 Å². The van der Waals surface area contributed by atoms with Crippen molar-refractivity contribution in [3.8, 4) is 0 Å². The number of aliphatic hydroxyl groups excluding tert-OH is 1. The maximum Gasteiger partial charge on any atom is 0.350 e. The Kier molecular flexibility index (Phi) is 6.26. The number of ketones is 1. The number of amides is 1. The van der Waals surface area contributed by atoms with Gasteiger partial charge in [-0.05, 0) is 30.9 Å². The van der Waals surface area contributed by atoms with E-state index >= 15 is 0 Å². The molecule has 0 saturated heterocycles. The van der Waals surface area contributed by atoms with Gasteiger partial charge in [0.2, 0.25) is 5.78 Å². The Hall–Kier alpha value is -3.90. The highest BCUT2D eigenvalue weighted by Crippen LogP contribution is 2.44. The number of anilines is 1. The van der Waals surface area contributed by atoms with Gasteiger partial charge in [-0.25, -0.2) is 9.78 Å². The van der Waals surface area contributed by atoms with E-state index in [1.807, 2.05) is 0 Å². The Labute approximate surface area is 200 Å². The first kappa shape index (κ1) is 23.3. The maximum atomic E-state index is 13.3. The van der Waals surface area contributed by atoms with Gasteiger partial charge in [-0.3, -0.25) is 24.6 Å². The van der Waals surface area contributed by atoms with Crippen LogP contribution in [0.4, 0.5) is 10.8 Å². The summed E-state index contributed by atoms with van der Waals surface area (Å²) in [5, 5.41) is 23.9. The molecule has 0 aliphatic carbocycles. The zero-order chi connectivity index (χ0) is 24.6. The number of benzene rings is 1. The van der Waals surface area contributed by atoms with Crippen molar-refractivity contribution in [1.29, 1.82) is 0 Å². The number of aliphatic hydroxyl groups is 1. The van der Waals surface area contributed by atoms with Gasteiger partial charge in [-0.1, -0.05) is 29.5 Å². The summed E-state index contributed by atoms with van der Waals surface area (Å²) in [4.78, 5) is 55.4. The van der Waals surface area contributed by atoms with Gasteiger partial charge < -0.3 is 9.84 Å². The fourth-order valence-corrected chi connectivity index (χ4v) is 5.24. The molecule has 1 atom stereocenters. The molecule has 174 valence electrons. The molecular formula is C22H17N3O7S2. The van der Waals surface area contributed by atoms with Gasteiger partial charge >= 0.3 is 5.97 Å². The second kappa shape index (κ2) is 9.15. The number of carbonyl (C=O) groups is 3. The maximum absolute atomic E-state index is 13.3. The number of carbonyl (C=O) groups excluding carboxylic acids is 3. The Balaban J connectivity index is 1.88. The molecule has 0 radical (unpaired) electrons. The van der Waals surface area contributed by atoms with Crippen molar-refractivity contribution < 1.29 is 29.2 Å². The third kappa shape index (κ3) is 3.97. The van der Waals surface area contributed by atoms with Crippen molar-refractivity contribution in [3.05, 3.63) is 84.2 Å². The minimum atomic E-state index is -1.19. The van der Waals surface area contributed by atoms with Crippen molar-refractivity contribution >= 4 is 51.2 Å². The SMILES string of the molecule is CCOC(=O)c1sc(N2C(=O)C(O)=C(C(=O)c3cccs3)[C@H]2c2cccc([N+](=O)[O-])c2)nc1C. The lowest BCUT2D eigenvalue weighted by Gasteiger charge is -2.24. The molecule has 0 spiro atoms. The third-order valence-electron chi connectivity index (χ3n) is 5.05. The number of nitro groups is 1. The van der Waals surface area contributed by atoms with E-state index in [0.717, 1.165) is 27.6 Å². The number of Topliss-reactive ketones (excluding diaryl/α,β-unsaturated/α-hetero) is 1. The molecular weight excluding hydrogens is 482 g/mol. The first-order valence-electron chi connectivity index (χ1n) is 9.98. The second-order valence-electron chi connectivity index (χ2n) is 7.13. The van der Waals surface area contributed by atoms with Crippen molar-refractivity contribution in [2.24, 2.45) is 0 Å². The summed E-state index contributed by atoms with van der Waals surface area (Å²) >= 11 is 2.00. The average Bonchev–Trinajstić information content (AvgIpc) is 3.53. The lowest BCUT2D eigenvalue weighted by Crippen LogP contribution is -2.31. The Morgan fingerprint density at radius 2 is 2.06 bits per heavy atom. The number of esters is 1. The van der Waals surface area contributed by atoms with Crippen LogP contribution in [0.5, 0.6) is 0 Å². The number of thiazole rings is 1. The quantitative estimate of drug-likeness (QED) is 0.219. The smallest absolute Gasteiger partial charge is 0.350 e. The molecule has 1 aliphatic rings. The molecule has 0 fully saturated rings. The summed E-state index contributed by atoms with van der Waals surface area (Å²) in [5.41, 5.74) is 0.0684. The average molecular weight is 500 g/mol. The zero-order valence-corrected chi connectivity index (χ0v) is 19.5. The summed E-state index contributed by atoms with van der Waals surface area (Å²) in [6, 6.07) is 7.47. The molecule has 3 aromatic rings. The van der Waals surface area contributed by atoms with Gasteiger partial charge in [0, 0.05) is 12.1 Å². The third-order valence-corrected chi connectivity index (χ3v) is 7.05. The first-order chi connectivity index (χ1) is 16.2. The normalized spacial score (nSPS) is 15.6. The van der Waals surface area contributed by atoms with Crippen LogP contribution in [0.2, 0.25) is 0 Å². The molecule has 34 heavy (non-hydrogen) atoms. The highest BCUT2D eigenvalue weighted by atomic mass is 32.1. The largest absolute Gasteiger partial charge is 0.503 e. The van der Waals surface area contributed by atoms with E-state index in [1.165, 1.54) is 24.3 Å². The van der Waals surface area contributed by atoms with Gasteiger partial charge in [0.05, 0.1) is 33.7 Å². The monoisotopic (exact) mass is 499 g/mol.